The summed E-state index contributed by atoms with van der Waals surface area (Å²) in [4.78, 5) is 15.1. The zero-order chi connectivity index (χ0) is 12.1. The first-order valence-corrected chi connectivity index (χ1v) is 5.19. The molecule has 6 nitrogen and oxygen atoms in total. The van der Waals surface area contributed by atoms with Crippen LogP contribution in [0.1, 0.15) is 27.2 Å². The molecule has 0 aliphatic rings. The van der Waals surface area contributed by atoms with Crippen molar-refractivity contribution in [2.45, 2.75) is 18.6 Å². The van der Waals surface area contributed by atoms with Gasteiger partial charge in [-0.25, -0.2) is 9.78 Å². The molecule has 2 atom stereocenters. The second kappa shape index (κ2) is 5.55. The van der Waals surface area contributed by atoms with Gasteiger partial charge in [0.1, 0.15) is 16.0 Å². The van der Waals surface area contributed by atoms with E-state index in [9.17, 15) is 15.0 Å². The number of thiazole rings is 1. The monoisotopic (exact) mass is 242 g/mol. The summed E-state index contributed by atoms with van der Waals surface area (Å²) in [5.74, 6) is -0.550. The highest BCUT2D eigenvalue weighted by Crippen LogP contribution is 2.24. The summed E-state index contributed by atoms with van der Waals surface area (Å²) in [6, 6.07) is 1.73. The molecular formula is C9H10N2O4S. The number of nitrogens with zero attached hydrogens (tertiary/aromatic N) is 2. The van der Waals surface area contributed by atoms with Gasteiger partial charge in [0.15, 0.2) is 0 Å². The quantitative estimate of drug-likeness (QED) is 0.733. The Morgan fingerprint density at radius 3 is 3.00 bits per heavy atom. The van der Waals surface area contributed by atoms with Crippen molar-refractivity contribution in [3.8, 4) is 6.07 Å². The summed E-state index contributed by atoms with van der Waals surface area (Å²) in [6.07, 6.45) is -1.41. The van der Waals surface area contributed by atoms with Crippen molar-refractivity contribution < 1.29 is 19.7 Å². The van der Waals surface area contributed by atoms with Gasteiger partial charge in [-0.15, -0.1) is 11.3 Å². The lowest BCUT2D eigenvalue weighted by Crippen LogP contribution is -2.17. The van der Waals surface area contributed by atoms with E-state index in [4.69, 9.17) is 5.26 Å². The van der Waals surface area contributed by atoms with Gasteiger partial charge in [0, 0.05) is 0 Å². The number of hydrogen-bond acceptors (Lipinski definition) is 7. The molecule has 16 heavy (non-hydrogen) atoms. The van der Waals surface area contributed by atoms with Crippen molar-refractivity contribution in [3.63, 3.8) is 0 Å². The average Bonchev–Trinajstić information content (AvgIpc) is 2.76. The van der Waals surface area contributed by atoms with Crippen molar-refractivity contribution in [3.05, 3.63) is 16.1 Å². The highest BCUT2D eigenvalue weighted by molar-refractivity contribution is 7.13. The largest absolute Gasteiger partial charge is 0.465 e. The van der Waals surface area contributed by atoms with Crippen LogP contribution in [0.5, 0.6) is 0 Å². The van der Waals surface area contributed by atoms with Gasteiger partial charge in [-0.2, -0.15) is 5.26 Å². The first-order chi connectivity index (χ1) is 7.60. The lowest BCUT2D eigenvalue weighted by atomic mass is 10.1. The minimum atomic E-state index is -1.26. The van der Waals surface area contributed by atoms with E-state index in [1.54, 1.807) is 6.07 Å². The third kappa shape index (κ3) is 2.76. The van der Waals surface area contributed by atoms with E-state index in [1.165, 1.54) is 13.3 Å². The number of nitriles is 1. The molecule has 1 aromatic rings. The summed E-state index contributed by atoms with van der Waals surface area (Å²) in [5, 5.41) is 27.5. The van der Waals surface area contributed by atoms with Gasteiger partial charge in [0.2, 0.25) is 0 Å². The predicted molar refractivity (Wildman–Crippen MR) is 54.7 cm³/mol. The van der Waals surface area contributed by atoms with Crippen LogP contribution in [-0.2, 0) is 4.74 Å². The molecule has 0 spiro atoms. The normalized spacial score (nSPS) is 13.9. The number of rotatable bonds is 4. The summed E-state index contributed by atoms with van der Waals surface area (Å²) in [7, 11) is 1.24. The van der Waals surface area contributed by atoms with Crippen molar-refractivity contribution in [1.29, 1.82) is 5.26 Å². The average molecular weight is 242 g/mol. The minimum absolute atomic E-state index is 0.183. The summed E-state index contributed by atoms with van der Waals surface area (Å²) < 4.78 is 4.47. The Morgan fingerprint density at radius 1 is 1.75 bits per heavy atom. The standard InChI is InChI=1S/C9H10N2O4S/c1-15-9(14)6-4-11-8(16-6)7(13)5(12)2-3-10/h4-5,7,12-13H,2H2,1H3. The smallest absolute Gasteiger partial charge is 0.349 e. The fourth-order valence-electron chi connectivity index (χ4n) is 0.989. The van der Waals surface area contributed by atoms with Crippen molar-refractivity contribution >= 4 is 17.3 Å². The number of aliphatic hydroxyl groups excluding tert-OH is 2. The van der Waals surface area contributed by atoms with Gasteiger partial charge in [-0.3, -0.25) is 0 Å². The molecule has 0 radical (unpaired) electrons. The van der Waals surface area contributed by atoms with E-state index >= 15 is 0 Å². The van der Waals surface area contributed by atoms with Crippen LogP contribution in [0.2, 0.25) is 0 Å². The highest BCUT2D eigenvalue weighted by Gasteiger charge is 2.22. The maximum absolute atomic E-state index is 11.1. The number of hydrogen-bond donors (Lipinski definition) is 2. The number of ether oxygens (including phenoxy) is 1. The van der Waals surface area contributed by atoms with Gasteiger partial charge in [-0.1, -0.05) is 0 Å². The van der Waals surface area contributed by atoms with Crippen LogP contribution >= 0.6 is 11.3 Å². The molecule has 0 aliphatic heterocycles. The van der Waals surface area contributed by atoms with Gasteiger partial charge >= 0.3 is 5.97 Å². The second-order valence-corrected chi connectivity index (χ2v) is 3.99. The molecular weight excluding hydrogens is 232 g/mol. The minimum Gasteiger partial charge on any atom is -0.465 e. The number of esters is 1. The third-order valence-electron chi connectivity index (χ3n) is 1.83. The lowest BCUT2D eigenvalue weighted by molar-refractivity contribution is 0.0215. The SMILES string of the molecule is COC(=O)c1cnc(C(O)C(O)CC#N)s1. The van der Waals surface area contributed by atoms with Gasteiger partial charge in [0.25, 0.3) is 0 Å². The van der Waals surface area contributed by atoms with Gasteiger partial charge in [-0.05, 0) is 0 Å². The maximum Gasteiger partial charge on any atom is 0.349 e. The Morgan fingerprint density at radius 2 is 2.44 bits per heavy atom. The fourth-order valence-corrected chi connectivity index (χ4v) is 1.87. The zero-order valence-corrected chi connectivity index (χ0v) is 9.27. The molecule has 1 heterocycles. The number of aromatic nitrogens is 1. The topological polar surface area (TPSA) is 103 Å². The molecule has 0 bridgehead atoms. The Balaban J connectivity index is 2.78. The van der Waals surface area contributed by atoms with Crippen LogP contribution in [0.3, 0.4) is 0 Å². The Labute approximate surface area is 95.7 Å². The van der Waals surface area contributed by atoms with E-state index < -0.39 is 18.2 Å². The second-order valence-electron chi connectivity index (χ2n) is 2.93. The van der Waals surface area contributed by atoms with E-state index in [2.05, 4.69) is 9.72 Å². The molecule has 0 amide bonds. The number of carbonyl (C=O) groups excluding carboxylic acids is 1. The number of methoxy groups -OCH3 is 1. The van der Waals surface area contributed by atoms with E-state index in [0.29, 0.717) is 0 Å². The summed E-state index contributed by atoms with van der Waals surface area (Å²) in [5.41, 5.74) is 0. The molecule has 1 rings (SSSR count). The summed E-state index contributed by atoms with van der Waals surface area (Å²) >= 11 is 0.923. The van der Waals surface area contributed by atoms with Crippen LogP contribution in [0.4, 0.5) is 0 Å². The third-order valence-corrected chi connectivity index (χ3v) is 2.88. The first kappa shape index (κ1) is 12.6. The van der Waals surface area contributed by atoms with Gasteiger partial charge in [0.05, 0.1) is 31.9 Å². The molecule has 0 aliphatic carbocycles. The van der Waals surface area contributed by atoms with Crippen molar-refractivity contribution in [2.75, 3.05) is 7.11 Å². The van der Waals surface area contributed by atoms with Gasteiger partial charge < -0.3 is 14.9 Å². The van der Waals surface area contributed by atoms with Crippen LogP contribution in [0.15, 0.2) is 6.20 Å². The molecule has 7 heteroatoms. The number of aliphatic hydroxyl groups is 2. The molecule has 0 aromatic carbocycles. The fraction of sp³-hybridized carbons (Fsp3) is 0.444. The van der Waals surface area contributed by atoms with E-state index in [-0.39, 0.29) is 16.3 Å². The lowest BCUT2D eigenvalue weighted by Gasteiger charge is -2.11. The van der Waals surface area contributed by atoms with E-state index in [0.717, 1.165) is 11.3 Å². The zero-order valence-electron chi connectivity index (χ0n) is 8.45. The molecule has 1 aromatic heterocycles. The van der Waals surface area contributed by atoms with Crippen LogP contribution in [0.25, 0.3) is 0 Å². The first-order valence-electron chi connectivity index (χ1n) is 4.37. The van der Waals surface area contributed by atoms with E-state index in [1.807, 2.05) is 0 Å². The predicted octanol–water partition coefficient (Wildman–Crippen LogP) is 0.238. The summed E-state index contributed by atoms with van der Waals surface area (Å²) in [6.45, 7) is 0. The molecule has 2 unspecified atom stereocenters. The van der Waals surface area contributed by atoms with Crippen LogP contribution in [0, 0.1) is 11.3 Å². The Kier molecular flexibility index (Phi) is 4.37. The van der Waals surface area contributed by atoms with Crippen molar-refractivity contribution in [1.82, 2.24) is 4.98 Å². The number of carbonyl (C=O) groups is 1. The highest BCUT2D eigenvalue weighted by atomic mass is 32.1. The molecule has 86 valence electrons. The maximum atomic E-state index is 11.1. The molecule has 2 N–H and O–H groups in total. The molecule has 0 fully saturated rings. The van der Waals surface area contributed by atoms with Crippen molar-refractivity contribution in [2.24, 2.45) is 0 Å². The Hall–Kier alpha value is -1.49. The van der Waals surface area contributed by atoms with Crippen LogP contribution < -0.4 is 0 Å². The molecule has 0 saturated heterocycles. The Bertz CT molecular complexity index is 412. The molecule has 0 saturated carbocycles. The van der Waals surface area contributed by atoms with Crippen LogP contribution in [-0.4, -0.2) is 34.4 Å².